The maximum atomic E-state index is 12.0. The first-order chi connectivity index (χ1) is 10.8. The second-order valence-electron chi connectivity index (χ2n) is 5.56. The SMILES string of the molecule is C[C@H](NC(=O)[C@@H]1CCCCN1)C(=O)N[C@@H](CCC(=O)O)C(=O)O. The van der Waals surface area contributed by atoms with Gasteiger partial charge in [-0.3, -0.25) is 14.4 Å². The van der Waals surface area contributed by atoms with Gasteiger partial charge in [-0.15, -0.1) is 0 Å². The van der Waals surface area contributed by atoms with E-state index in [0.29, 0.717) is 6.42 Å². The second-order valence-corrected chi connectivity index (χ2v) is 5.56. The molecule has 2 amide bonds. The lowest BCUT2D eigenvalue weighted by molar-refractivity contribution is -0.143. The fraction of sp³-hybridized carbons (Fsp3) is 0.714. The van der Waals surface area contributed by atoms with Gasteiger partial charge in [-0.05, 0) is 32.7 Å². The quantitative estimate of drug-likeness (QED) is 0.387. The third-order valence-electron chi connectivity index (χ3n) is 3.64. The van der Waals surface area contributed by atoms with Crippen molar-refractivity contribution in [1.82, 2.24) is 16.0 Å². The minimum Gasteiger partial charge on any atom is -0.481 e. The van der Waals surface area contributed by atoms with Gasteiger partial charge in [-0.2, -0.15) is 0 Å². The van der Waals surface area contributed by atoms with Gasteiger partial charge in [-0.25, -0.2) is 4.79 Å². The lowest BCUT2D eigenvalue weighted by Gasteiger charge is -2.24. The Balaban J connectivity index is 2.48. The summed E-state index contributed by atoms with van der Waals surface area (Å²) < 4.78 is 0. The summed E-state index contributed by atoms with van der Waals surface area (Å²) in [5, 5.41) is 25.4. The van der Waals surface area contributed by atoms with Crippen LogP contribution in [0, 0.1) is 0 Å². The molecular formula is C14H23N3O6. The van der Waals surface area contributed by atoms with Gasteiger partial charge in [0.05, 0.1) is 6.04 Å². The first-order valence-electron chi connectivity index (χ1n) is 7.60. The van der Waals surface area contributed by atoms with Gasteiger partial charge in [0.1, 0.15) is 12.1 Å². The number of amides is 2. The second kappa shape index (κ2) is 9.09. The summed E-state index contributed by atoms with van der Waals surface area (Å²) in [6.07, 6.45) is 2.04. The molecule has 0 radical (unpaired) electrons. The summed E-state index contributed by atoms with van der Waals surface area (Å²) in [7, 11) is 0. The van der Waals surface area contributed by atoms with Gasteiger partial charge in [0.25, 0.3) is 0 Å². The maximum absolute atomic E-state index is 12.0. The Labute approximate surface area is 133 Å². The monoisotopic (exact) mass is 329 g/mol. The fourth-order valence-corrected chi connectivity index (χ4v) is 2.28. The van der Waals surface area contributed by atoms with Crippen LogP contribution >= 0.6 is 0 Å². The number of piperidine rings is 1. The van der Waals surface area contributed by atoms with E-state index in [9.17, 15) is 19.2 Å². The van der Waals surface area contributed by atoms with Crippen LogP contribution in [0.2, 0.25) is 0 Å². The lowest BCUT2D eigenvalue weighted by Crippen LogP contribution is -2.54. The van der Waals surface area contributed by atoms with Crippen molar-refractivity contribution in [3.8, 4) is 0 Å². The van der Waals surface area contributed by atoms with Gasteiger partial charge >= 0.3 is 11.9 Å². The molecule has 0 unspecified atom stereocenters. The van der Waals surface area contributed by atoms with Gasteiger partial charge in [0, 0.05) is 6.42 Å². The maximum Gasteiger partial charge on any atom is 0.326 e. The van der Waals surface area contributed by atoms with E-state index in [1.54, 1.807) is 0 Å². The van der Waals surface area contributed by atoms with Gasteiger partial charge < -0.3 is 26.2 Å². The molecule has 3 atom stereocenters. The Kier molecular flexibility index (Phi) is 7.46. The average molecular weight is 329 g/mol. The summed E-state index contributed by atoms with van der Waals surface area (Å²) in [6, 6.07) is -2.55. The zero-order chi connectivity index (χ0) is 17.4. The van der Waals surface area contributed by atoms with Crippen LogP contribution in [0.1, 0.15) is 39.0 Å². The molecule has 1 heterocycles. The summed E-state index contributed by atoms with van der Waals surface area (Å²) >= 11 is 0. The molecule has 0 aromatic heterocycles. The fourth-order valence-electron chi connectivity index (χ4n) is 2.28. The average Bonchev–Trinajstić information content (AvgIpc) is 2.51. The zero-order valence-corrected chi connectivity index (χ0v) is 13.0. The number of rotatable bonds is 8. The molecule has 0 aromatic carbocycles. The Hall–Kier alpha value is -2.16. The van der Waals surface area contributed by atoms with E-state index in [2.05, 4.69) is 16.0 Å². The molecule has 1 saturated heterocycles. The largest absolute Gasteiger partial charge is 0.481 e. The molecule has 0 aromatic rings. The molecule has 1 fully saturated rings. The molecule has 130 valence electrons. The molecule has 0 bridgehead atoms. The molecule has 23 heavy (non-hydrogen) atoms. The van der Waals surface area contributed by atoms with E-state index in [1.807, 2.05) is 0 Å². The van der Waals surface area contributed by atoms with E-state index in [4.69, 9.17) is 10.2 Å². The highest BCUT2D eigenvalue weighted by Gasteiger charge is 2.27. The number of carboxylic acids is 2. The normalized spacial score (nSPS) is 20.1. The van der Waals surface area contributed by atoms with Crippen LogP contribution in [-0.4, -0.2) is 58.6 Å². The number of aliphatic carboxylic acids is 2. The predicted molar refractivity (Wildman–Crippen MR) is 79.7 cm³/mol. The van der Waals surface area contributed by atoms with Crippen molar-refractivity contribution in [2.75, 3.05) is 6.54 Å². The highest BCUT2D eigenvalue weighted by molar-refractivity contribution is 5.91. The Morgan fingerprint density at radius 2 is 1.87 bits per heavy atom. The van der Waals surface area contributed by atoms with Crippen molar-refractivity contribution >= 4 is 23.8 Å². The molecule has 9 heteroatoms. The predicted octanol–water partition coefficient (Wildman–Crippen LogP) is -0.933. The molecule has 5 N–H and O–H groups in total. The number of carbonyl (C=O) groups is 4. The van der Waals surface area contributed by atoms with Crippen LogP contribution in [0.5, 0.6) is 0 Å². The van der Waals surface area contributed by atoms with Crippen LogP contribution < -0.4 is 16.0 Å². The van der Waals surface area contributed by atoms with Gasteiger partial charge in [0.15, 0.2) is 0 Å². The van der Waals surface area contributed by atoms with E-state index in [-0.39, 0.29) is 24.8 Å². The summed E-state index contributed by atoms with van der Waals surface area (Å²) in [5.41, 5.74) is 0. The zero-order valence-electron chi connectivity index (χ0n) is 13.0. The van der Waals surface area contributed by atoms with Crippen molar-refractivity contribution in [3.05, 3.63) is 0 Å². The number of hydrogen-bond acceptors (Lipinski definition) is 5. The number of carboxylic acid groups (broad SMARTS) is 2. The molecular weight excluding hydrogens is 306 g/mol. The number of nitrogens with one attached hydrogen (secondary N) is 3. The Morgan fingerprint density at radius 3 is 2.39 bits per heavy atom. The molecule has 0 saturated carbocycles. The lowest BCUT2D eigenvalue weighted by atomic mass is 10.0. The van der Waals surface area contributed by atoms with Crippen LogP contribution in [0.4, 0.5) is 0 Å². The topological polar surface area (TPSA) is 145 Å². The van der Waals surface area contributed by atoms with Crippen molar-refractivity contribution in [2.45, 2.75) is 57.2 Å². The van der Waals surface area contributed by atoms with E-state index >= 15 is 0 Å². The Bertz CT molecular complexity index is 461. The summed E-state index contributed by atoms with van der Waals surface area (Å²) in [6.45, 7) is 2.20. The minimum absolute atomic E-state index is 0.221. The molecule has 1 aliphatic rings. The van der Waals surface area contributed by atoms with Crippen LogP contribution in [0.3, 0.4) is 0 Å². The van der Waals surface area contributed by atoms with E-state index < -0.39 is 29.9 Å². The van der Waals surface area contributed by atoms with Crippen molar-refractivity contribution in [3.63, 3.8) is 0 Å². The molecule has 0 aliphatic carbocycles. The summed E-state index contributed by atoms with van der Waals surface area (Å²) in [5.74, 6) is -3.42. The van der Waals surface area contributed by atoms with E-state index in [0.717, 1.165) is 19.4 Å². The van der Waals surface area contributed by atoms with Crippen LogP contribution in [-0.2, 0) is 19.2 Å². The van der Waals surface area contributed by atoms with Crippen LogP contribution in [0.25, 0.3) is 0 Å². The highest BCUT2D eigenvalue weighted by atomic mass is 16.4. The third-order valence-corrected chi connectivity index (χ3v) is 3.64. The first kappa shape index (κ1) is 18.9. The molecule has 9 nitrogen and oxygen atoms in total. The van der Waals surface area contributed by atoms with E-state index in [1.165, 1.54) is 6.92 Å². The van der Waals surface area contributed by atoms with Gasteiger partial charge in [0.2, 0.25) is 11.8 Å². The Morgan fingerprint density at radius 1 is 1.17 bits per heavy atom. The highest BCUT2D eigenvalue weighted by Crippen LogP contribution is 2.07. The van der Waals surface area contributed by atoms with Gasteiger partial charge in [-0.1, -0.05) is 6.42 Å². The molecule has 1 rings (SSSR count). The third kappa shape index (κ3) is 6.64. The van der Waals surface area contributed by atoms with Crippen LogP contribution in [0.15, 0.2) is 0 Å². The van der Waals surface area contributed by atoms with Crippen molar-refractivity contribution < 1.29 is 29.4 Å². The van der Waals surface area contributed by atoms with Crippen molar-refractivity contribution in [2.24, 2.45) is 0 Å². The smallest absolute Gasteiger partial charge is 0.326 e. The molecule has 1 aliphatic heterocycles. The standard InChI is InChI=1S/C14H23N3O6/c1-8(16-13(21)9-4-2-3-7-15-9)12(20)17-10(14(22)23)5-6-11(18)19/h8-10,15H,2-7H2,1H3,(H,16,21)(H,17,20)(H,18,19)(H,22,23)/t8-,9-,10-/m0/s1. The number of hydrogen-bond donors (Lipinski definition) is 5. The molecule has 0 spiro atoms. The summed E-state index contributed by atoms with van der Waals surface area (Å²) in [4.78, 5) is 45.5. The minimum atomic E-state index is -1.31. The number of carbonyl (C=O) groups excluding carboxylic acids is 2. The van der Waals surface area contributed by atoms with Crippen molar-refractivity contribution in [1.29, 1.82) is 0 Å². The first-order valence-corrected chi connectivity index (χ1v) is 7.60.